The Hall–Kier alpha value is -0.790. The van der Waals surface area contributed by atoms with Crippen LogP contribution in [0.15, 0.2) is 12.2 Å². The van der Waals surface area contributed by atoms with Crippen molar-refractivity contribution in [3.8, 4) is 0 Å². The summed E-state index contributed by atoms with van der Waals surface area (Å²) in [6, 6.07) is 0. The second kappa shape index (κ2) is 5.18. The third kappa shape index (κ3) is 3.17. The summed E-state index contributed by atoms with van der Waals surface area (Å²) in [7, 11) is 0. The summed E-state index contributed by atoms with van der Waals surface area (Å²) in [5.41, 5.74) is 0.495. The molecule has 0 aromatic heterocycles. The Bertz CT molecular complexity index is 220. The number of hydrogen-bond donors (Lipinski definition) is 0. The maximum Gasteiger partial charge on any atom is 0.333 e. The van der Waals surface area contributed by atoms with Crippen LogP contribution in [0.2, 0.25) is 0 Å². The Morgan fingerprint density at radius 2 is 2.07 bits per heavy atom. The van der Waals surface area contributed by atoms with Gasteiger partial charge in [0.05, 0.1) is 6.61 Å². The molecule has 0 saturated heterocycles. The predicted molar refractivity (Wildman–Crippen MR) is 56.9 cm³/mol. The van der Waals surface area contributed by atoms with Crippen molar-refractivity contribution in [2.75, 3.05) is 6.61 Å². The van der Waals surface area contributed by atoms with Gasteiger partial charge in [0.1, 0.15) is 0 Å². The van der Waals surface area contributed by atoms with Crippen molar-refractivity contribution in [2.45, 2.75) is 39.5 Å². The largest absolute Gasteiger partial charge is 0.462 e. The minimum absolute atomic E-state index is 0.245. The molecule has 2 unspecified atom stereocenters. The maximum absolute atomic E-state index is 11.1. The molecule has 2 atom stereocenters. The SMILES string of the molecule is C=C(C)C(=O)OCC1CCC(CC)C1. The quantitative estimate of drug-likeness (QED) is 0.510. The van der Waals surface area contributed by atoms with E-state index in [1.807, 2.05) is 0 Å². The molecule has 0 aromatic carbocycles. The molecule has 0 amide bonds. The Morgan fingerprint density at radius 3 is 2.57 bits per heavy atom. The zero-order chi connectivity index (χ0) is 10.6. The number of ether oxygens (including phenoxy) is 1. The molecule has 2 heteroatoms. The first-order valence-electron chi connectivity index (χ1n) is 5.46. The fourth-order valence-electron chi connectivity index (χ4n) is 2.02. The maximum atomic E-state index is 11.1. The number of esters is 1. The highest BCUT2D eigenvalue weighted by Crippen LogP contribution is 2.32. The van der Waals surface area contributed by atoms with Crippen LogP contribution in [0.5, 0.6) is 0 Å². The van der Waals surface area contributed by atoms with Gasteiger partial charge in [0, 0.05) is 5.57 Å². The summed E-state index contributed by atoms with van der Waals surface area (Å²) in [6.45, 7) is 8.06. The van der Waals surface area contributed by atoms with E-state index in [1.54, 1.807) is 6.92 Å². The van der Waals surface area contributed by atoms with E-state index in [1.165, 1.54) is 25.7 Å². The van der Waals surface area contributed by atoms with Crippen LogP contribution in [-0.2, 0) is 9.53 Å². The first-order chi connectivity index (χ1) is 6.63. The molecule has 0 aliphatic heterocycles. The molecule has 0 aromatic rings. The lowest BCUT2D eigenvalue weighted by atomic mass is 10.0. The average molecular weight is 196 g/mol. The lowest BCUT2D eigenvalue weighted by molar-refractivity contribution is -0.140. The van der Waals surface area contributed by atoms with Crippen LogP contribution >= 0.6 is 0 Å². The van der Waals surface area contributed by atoms with E-state index in [9.17, 15) is 4.79 Å². The van der Waals surface area contributed by atoms with Crippen molar-refractivity contribution >= 4 is 5.97 Å². The lowest BCUT2D eigenvalue weighted by Crippen LogP contribution is -2.12. The fraction of sp³-hybridized carbons (Fsp3) is 0.750. The Morgan fingerprint density at radius 1 is 1.43 bits per heavy atom. The summed E-state index contributed by atoms with van der Waals surface area (Å²) < 4.78 is 5.14. The minimum atomic E-state index is -0.245. The highest BCUT2D eigenvalue weighted by molar-refractivity contribution is 5.86. The van der Waals surface area contributed by atoms with Gasteiger partial charge in [-0.05, 0) is 31.6 Å². The lowest BCUT2D eigenvalue weighted by Gasteiger charge is -2.10. The summed E-state index contributed by atoms with van der Waals surface area (Å²) in [4.78, 5) is 11.1. The van der Waals surface area contributed by atoms with Crippen molar-refractivity contribution in [3.05, 3.63) is 12.2 Å². The molecule has 2 nitrogen and oxygen atoms in total. The molecule has 1 rings (SSSR count). The summed E-state index contributed by atoms with van der Waals surface area (Å²) in [5, 5.41) is 0. The van der Waals surface area contributed by atoms with Crippen LogP contribution < -0.4 is 0 Å². The van der Waals surface area contributed by atoms with Crippen molar-refractivity contribution in [2.24, 2.45) is 11.8 Å². The zero-order valence-corrected chi connectivity index (χ0v) is 9.21. The van der Waals surface area contributed by atoms with Crippen LogP contribution in [0.1, 0.15) is 39.5 Å². The van der Waals surface area contributed by atoms with Crippen molar-refractivity contribution < 1.29 is 9.53 Å². The number of rotatable bonds is 4. The van der Waals surface area contributed by atoms with Crippen LogP contribution in [-0.4, -0.2) is 12.6 Å². The van der Waals surface area contributed by atoms with E-state index < -0.39 is 0 Å². The van der Waals surface area contributed by atoms with Gasteiger partial charge in [-0.1, -0.05) is 26.3 Å². The Kier molecular flexibility index (Phi) is 4.18. The van der Waals surface area contributed by atoms with Gasteiger partial charge >= 0.3 is 5.97 Å². The van der Waals surface area contributed by atoms with E-state index in [-0.39, 0.29) is 5.97 Å². The standard InChI is InChI=1S/C12H20O2/c1-4-10-5-6-11(7-10)8-14-12(13)9(2)3/h10-11H,2,4-8H2,1,3H3. The van der Waals surface area contributed by atoms with E-state index in [4.69, 9.17) is 4.74 Å². The van der Waals surface area contributed by atoms with Crippen molar-refractivity contribution in [1.82, 2.24) is 0 Å². The molecular formula is C12H20O2. The molecule has 1 saturated carbocycles. The summed E-state index contributed by atoms with van der Waals surface area (Å²) in [6.07, 6.45) is 4.98. The Balaban J connectivity index is 2.20. The molecule has 0 bridgehead atoms. The molecule has 1 aliphatic carbocycles. The van der Waals surface area contributed by atoms with Gasteiger partial charge in [-0.25, -0.2) is 4.79 Å². The molecule has 1 fully saturated rings. The average Bonchev–Trinajstić information content (AvgIpc) is 2.61. The van der Waals surface area contributed by atoms with E-state index in [2.05, 4.69) is 13.5 Å². The van der Waals surface area contributed by atoms with Gasteiger partial charge in [-0.3, -0.25) is 0 Å². The van der Waals surface area contributed by atoms with Gasteiger partial charge in [-0.15, -0.1) is 0 Å². The highest BCUT2D eigenvalue weighted by Gasteiger charge is 2.24. The smallest absolute Gasteiger partial charge is 0.333 e. The molecule has 0 radical (unpaired) electrons. The zero-order valence-electron chi connectivity index (χ0n) is 9.21. The van der Waals surface area contributed by atoms with Crippen LogP contribution in [0.25, 0.3) is 0 Å². The van der Waals surface area contributed by atoms with Gasteiger partial charge in [0.2, 0.25) is 0 Å². The number of hydrogen-bond acceptors (Lipinski definition) is 2. The van der Waals surface area contributed by atoms with Crippen LogP contribution in [0.3, 0.4) is 0 Å². The van der Waals surface area contributed by atoms with Gasteiger partial charge < -0.3 is 4.74 Å². The molecule has 1 aliphatic rings. The first-order valence-corrected chi connectivity index (χ1v) is 5.46. The summed E-state index contributed by atoms with van der Waals surface area (Å²) >= 11 is 0. The molecule has 14 heavy (non-hydrogen) atoms. The van der Waals surface area contributed by atoms with Gasteiger partial charge in [0.25, 0.3) is 0 Å². The van der Waals surface area contributed by atoms with E-state index in [0.717, 1.165) is 5.92 Å². The molecule has 0 spiro atoms. The van der Waals surface area contributed by atoms with Crippen LogP contribution in [0, 0.1) is 11.8 Å². The molecular weight excluding hydrogens is 176 g/mol. The molecule has 80 valence electrons. The fourth-order valence-corrected chi connectivity index (χ4v) is 2.02. The van der Waals surface area contributed by atoms with Gasteiger partial charge in [-0.2, -0.15) is 0 Å². The first kappa shape index (κ1) is 11.3. The van der Waals surface area contributed by atoms with Crippen LogP contribution in [0.4, 0.5) is 0 Å². The molecule has 0 heterocycles. The number of carbonyl (C=O) groups is 1. The highest BCUT2D eigenvalue weighted by atomic mass is 16.5. The monoisotopic (exact) mass is 196 g/mol. The second-order valence-corrected chi connectivity index (χ2v) is 4.33. The van der Waals surface area contributed by atoms with Crippen molar-refractivity contribution in [3.63, 3.8) is 0 Å². The topological polar surface area (TPSA) is 26.3 Å². The third-order valence-corrected chi connectivity index (χ3v) is 3.03. The molecule has 0 N–H and O–H groups in total. The third-order valence-electron chi connectivity index (χ3n) is 3.03. The van der Waals surface area contributed by atoms with Gasteiger partial charge in [0.15, 0.2) is 0 Å². The second-order valence-electron chi connectivity index (χ2n) is 4.33. The number of carbonyl (C=O) groups excluding carboxylic acids is 1. The predicted octanol–water partition coefficient (Wildman–Crippen LogP) is 2.93. The normalized spacial score (nSPS) is 26.1. The van der Waals surface area contributed by atoms with E-state index in [0.29, 0.717) is 18.1 Å². The Labute approximate surface area is 86.3 Å². The minimum Gasteiger partial charge on any atom is -0.462 e. The summed E-state index contributed by atoms with van der Waals surface area (Å²) in [5.74, 6) is 1.19. The van der Waals surface area contributed by atoms with Crippen molar-refractivity contribution in [1.29, 1.82) is 0 Å². The van der Waals surface area contributed by atoms with E-state index >= 15 is 0 Å².